The molecule has 2 nitrogen and oxygen atoms in total. The van der Waals surface area contributed by atoms with Crippen molar-refractivity contribution in [2.24, 2.45) is 5.92 Å². The predicted octanol–water partition coefficient (Wildman–Crippen LogP) is 3.26. The second kappa shape index (κ2) is 6.75. The van der Waals surface area contributed by atoms with E-state index in [1.54, 1.807) is 0 Å². The number of ether oxygens (including phenoxy) is 1. The highest BCUT2D eigenvalue weighted by molar-refractivity contribution is 5.28. The number of nitrogens with one attached hydrogen (secondary N) is 1. The van der Waals surface area contributed by atoms with Crippen molar-refractivity contribution < 1.29 is 22.3 Å². The first-order valence-electron chi connectivity index (χ1n) is 6.03. The topological polar surface area (TPSA) is 21.3 Å². The van der Waals surface area contributed by atoms with Crippen LogP contribution in [0.2, 0.25) is 0 Å². The number of hydrogen-bond acceptors (Lipinski definition) is 2. The summed E-state index contributed by atoms with van der Waals surface area (Å²) >= 11 is 0. The van der Waals surface area contributed by atoms with Crippen LogP contribution in [0.1, 0.15) is 20.8 Å². The summed E-state index contributed by atoms with van der Waals surface area (Å²) in [6, 6.07) is 0.346. The average Bonchev–Trinajstić information content (AvgIpc) is 2.35. The fourth-order valence-corrected chi connectivity index (χ4v) is 1.35. The van der Waals surface area contributed by atoms with E-state index in [1.165, 1.54) is 0 Å². The molecule has 6 heteroatoms. The standard InChI is InChI=1S/C13H17F4NO/c1-7(2)8(3)18-4-5-19-13-11(16)9(14)6-10(15)12(13)17/h6-8,18H,4-5H2,1-3H3. The quantitative estimate of drug-likeness (QED) is 0.490. The molecular formula is C13H17F4NO. The van der Waals surface area contributed by atoms with Crippen LogP contribution in [-0.4, -0.2) is 19.2 Å². The molecule has 0 spiro atoms. The van der Waals surface area contributed by atoms with Gasteiger partial charge in [-0.15, -0.1) is 0 Å². The molecule has 0 saturated carbocycles. The summed E-state index contributed by atoms with van der Waals surface area (Å²) < 4.78 is 57.0. The summed E-state index contributed by atoms with van der Waals surface area (Å²) in [6.45, 7) is 6.21. The van der Waals surface area contributed by atoms with Crippen LogP contribution in [-0.2, 0) is 0 Å². The van der Waals surface area contributed by atoms with Gasteiger partial charge in [-0.05, 0) is 12.8 Å². The Kier molecular flexibility index (Phi) is 5.60. The summed E-state index contributed by atoms with van der Waals surface area (Å²) in [4.78, 5) is 0. The van der Waals surface area contributed by atoms with Crippen LogP contribution in [0.25, 0.3) is 0 Å². The molecular weight excluding hydrogens is 262 g/mol. The third-order valence-corrected chi connectivity index (χ3v) is 2.89. The number of rotatable bonds is 6. The third-order valence-electron chi connectivity index (χ3n) is 2.89. The van der Waals surface area contributed by atoms with Gasteiger partial charge in [0.15, 0.2) is 17.4 Å². The second-order valence-corrected chi connectivity index (χ2v) is 4.63. The molecule has 0 heterocycles. The lowest BCUT2D eigenvalue weighted by atomic mass is 10.1. The van der Waals surface area contributed by atoms with Crippen molar-refractivity contribution in [3.8, 4) is 5.75 Å². The van der Waals surface area contributed by atoms with Gasteiger partial charge in [-0.2, -0.15) is 8.78 Å². The lowest BCUT2D eigenvalue weighted by Gasteiger charge is -2.17. The molecule has 0 aromatic heterocycles. The van der Waals surface area contributed by atoms with E-state index in [0.717, 1.165) is 0 Å². The van der Waals surface area contributed by atoms with Crippen LogP contribution in [0.4, 0.5) is 17.6 Å². The minimum absolute atomic E-state index is 0.0895. The molecule has 0 fully saturated rings. The summed E-state index contributed by atoms with van der Waals surface area (Å²) in [7, 11) is 0. The molecule has 1 unspecified atom stereocenters. The van der Waals surface area contributed by atoms with E-state index < -0.39 is 29.0 Å². The highest BCUT2D eigenvalue weighted by atomic mass is 19.2. The Morgan fingerprint density at radius 3 is 2.05 bits per heavy atom. The van der Waals surface area contributed by atoms with E-state index in [9.17, 15) is 17.6 Å². The van der Waals surface area contributed by atoms with Crippen LogP contribution in [0.15, 0.2) is 6.07 Å². The molecule has 1 N–H and O–H groups in total. The number of halogens is 4. The minimum atomic E-state index is -1.52. The SMILES string of the molecule is CC(C)C(C)NCCOc1c(F)c(F)cc(F)c1F. The van der Waals surface area contributed by atoms with E-state index in [4.69, 9.17) is 4.74 Å². The van der Waals surface area contributed by atoms with E-state index in [2.05, 4.69) is 5.32 Å². The molecule has 0 aliphatic heterocycles. The zero-order valence-corrected chi connectivity index (χ0v) is 11.1. The zero-order valence-electron chi connectivity index (χ0n) is 11.1. The van der Waals surface area contributed by atoms with Gasteiger partial charge < -0.3 is 10.1 Å². The van der Waals surface area contributed by atoms with Gasteiger partial charge in [0.1, 0.15) is 6.61 Å². The third kappa shape index (κ3) is 4.09. The van der Waals surface area contributed by atoms with Crippen molar-refractivity contribution in [3.63, 3.8) is 0 Å². The normalized spacial score (nSPS) is 12.8. The van der Waals surface area contributed by atoms with Gasteiger partial charge in [0, 0.05) is 18.7 Å². The first kappa shape index (κ1) is 15.8. The van der Waals surface area contributed by atoms with Gasteiger partial charge in [-0.1, -0.05) is 13.8 Å². The Bertz CT molecular complexity index is 411. The van der Waals surface area contributed by atoms with Gasteiger partial charge >= 0.3 is 0 Å². The van der Waals surface area contributed by atoms with Crippen LogP contribution in [0.3, 0.4) is 0 Å². The summed E-state index contributed by atoms with van der Waals surface area (Å²) in [5.41, 5.74) is 0. The van der Waals surface area contributed by atoms with Crippen molar-refractivity contribution in [1.82, 2.24) is 5.32 Å². The fraction of sp³-hybridized carbons (Fsp3) is 0.538. The molecule has 0 aliphatic carbocycles. The van der Waals surface area contributed by atoms with Crippen molar-refractivity contribution in [2.75, 3.05) is 13.2 Å². The van der Waals surface area contributed by atoms with Crippen molar-refractivity contribution in [3.05, 3.63) is 29.3 Å². The molecule has 0 radical (unpaired) electrons. The van der Waals surface area contributed by atoms with Crippen LogP contribution in [0.5, 0.6) is 5.75 Å². The maximum atomic E-state index is 13.2. The monoisotopic (exact) mass is 279 g/mol. The van der Waals surface area contributed by atoms with Crippen molar-refractivity contribution in [2.45, 2.75) is 26.8 Å². The summed E-state index contributed by atoms with van der Waals surface area (Å²) in [6.07, 6.45) is 0. The molecule has 0 saturated heterocycles. The van der Waals surface area contributed by atoms with Gasteiger partial charge in [-0.3, -0.25) is 0 Å². The Hall–Kier alpha value is -1.30. The molecule has 0 aliphatic rings. The minimum Gasteiger partial charge on any atom is -0.486 e. The number of benzene rings is 1. The highest BCUT2D eigenvalue weighted by Crippen LogP contribution is 2.26. The van der Waals surface area contributed by atoms with Crippen LogP contribution in [0, 0.1) is 29.2 Å². The average molecular weight is 279 g/mol. The Labute approximate surface area is 109 Å². The van der Waals surface area contributed by atoms with Crippen LogP contribution < -0.4 is 10.1 Å². The van der Waals surface area contributed by atoms with Crippen molar-refractivity contribution >= 4 is 0 Å². The lowest BCUT2D eigenvalue weighted by molar-refractivity contribution is 0.261. The fourth-order valence-electron chi connectivity index (χ4n) is 1.35. The lowest BCUT2D eigenvalue weighted by Crippen LogP contribution is -2.34. The molecule has 108 valence electrons. The van der Waals surface area contributed by atoms with E-state index in [-0.39, 0.29) is 18.7 Å². The van der Waals surface area contributed by atoms with Gasteiger partial charge in [0.25, 0.3) is 0 Å². The highest BCUT2D eigenvalue weighted by Gasteiger charge is 2.20. The Balaban J connectivity index is 2.59. The van der Waals surface area contributed by atoms with Gasteiger partial charge in [-0.25, -0.2) is 8.78 Å². The molecule has 1 rings (SSSR count). The van der Waals surface area contributed by atoms with Gasteiger partial charge in [0.2, 0.25) is 11.6 Å². The second-order valence-electron chi connectivity index (χ2n) is 4.63. The summed E-state index contributed by atoms with van der Waals surface area (Å²) in [5.74, 6) is -6.61. The first-order valence-corrected chi connectivity index (χ1v) is 6.03. The van der Waals surface area contributed by atoms with E-state index in [1.807, 2.05) is 20.8 Å². The molecule has 1 aromatic rings. The molecule has 1 aromatic carbocycles. The van der Waals surface area contributed by atoms with Crippen molar-refractivity contribution in [1.29, 1.82) is 0 Å². The summed E-state index contributed by atoms with van der Waals surface area (Å²) in [5, 5.41) is 3.06. The predicted molar refractivity (Wildman–Crippen MR) is 64.1 cm³/mol. The first-order chi connectivity index (χ1) is 8.84. The smallest absolute Gasteiger partial charge is 0.203 e. The molecule has 0 amide bonds. The van der Waals surface area contributed by atoms with Gasteiger partial charge in [0.05, 0.1) is 0 Å². The maximum absolute atomic E-state index is 13.2. The Morgan fingerprint density at radius 1 is 1.05 bits per heavy atom. The molecule has 1 atom stereocenters. The number of hydrogen-bond donors (Lipinski definition) is 1. The molecule has 0 bridgehead atoms. The van der Waals surface area contributed by atoms with E-state index >= 15 is 0 Å². The van der Waals surface area contributed by atoms with E-state index in [0.29, 0.717) is 12.5 Å². The van der Waals surface area contributed by atoms with Crippen LogP contribution >= 0.6 is 0 Å². The largest absolute Gasteiger partial charge is 0.486 e. The Morgan fingerprint density at radius 2 is 1.58 bits per heavy atom. The zero-order chi connectivity index (χ0) is 14.6. The molecule has 19 heavy (non-hydrogen) atoms. The maximum Gasteiger partial charge on any atom is 0.203 e.